The van der Waals surface area contributed by atoms with Gasteiger partial charge < -0.3 is 10.8 Å². The second-order valence-corrected chi connectivity index (χ2v) is 4.55. The highest BCUT2D eigenvalue weighted by Gasteiger charge is 2.09. The molecule has 1 rings (SSSR count). The lowest BCUT2D eigenvalue weighted by atomic mass is 10.0. The molecule has 0 spiro atoms. The maximum atomic E-state index is 12.1. The van der Waals surface area contributed by atoms with Gasteiger partial charge in [-0.15, -0.1) is 0 Å². The van der Waals surface area contributed by atoms with E-state index in [2.05, 4.69) is 0 Å². The maximum absolute atomic E-state index is 12.1. The zero-order valence-corrected chi connectivity index (χ0v) is 9.79. The van der Waals surface area contributed by atoms with Gasteiger partial charge in [0.25, 0.3) is 5.76 Å². The van der Waals surface area contributed by atoms with E-state index < -0.39 is 11.7 Å². The largest absolute Gasteiger partial charge is 0.481 e. The molecule has 0 aliphatic heterocycles. The first-order chi connectivity index (χ1) is 7.99. The SMILES string of the molecule is NC(CCC(=O)O)c1ccc(SC(F)F)cc1. The van der Waals surface area contributed by atoms with Crippen LogP contribution < -0.4 is 5.73 Å². The van der Waals surface area contributed by atoms with E-state index in [0.29, 0.717) is 23.1 Å². The molecule has 0 amide bonds. The van der Waals surface area contributed by atoms with Crippen LogP contribution in [-0.4, -0.2) is 16.8 Å². The molecule has 0 saturated heterocycles. The highest BCUT2D eigenvalue weighted by atomic mass is 32.2. The number of halogens is 2. The molecule has 17 heavy (non-hydrogen) atoms. The monoisotopic (exact) mass is 261 g/mol. The Morgan fingerprint density at radius 2 is 1.94 bits per heavy atom. The smallest absolute Gasteiger partial charge is 0.303 e. The van der Waals surface area contributed by atoms with Crippen molar-refractivity contribution in [1.29, 1.82) is 0 Å². The molecular formula is C11H13F2NO2S. The second-order valence-electron chi connectivity index (χ2n) is 3.49. The molecule has 3 nitrogen and oxygen atoms in total. The summed E-state index contributed by atoms with van der Waals surface area (Å²) >= 11 is 0.469. The number of carbonyl (C=O) groups is 1. The van der Waals surface area contributed by atoms with Crippen LogP contribution in [0.2, 0.25) is 0 Å². The van der Waals surface area contributed by atoms with Crippen molar-refractivity contribution in [3.63, 3.8) is 0 Å². The molecule has 0 aliphatic carbocycles. The van der Waals surface area contributed by atoms with Gasteiger partial charge in [-0.3, -0.25) is 4.79 Å². The number of alkyl halides is 2. The summed E-state index contributed by atoms with van der Waals surface area (Å²) in [6.45, 7) is 0. The number of nitrogens with two attached hydrogens (primary N) is 1. The van der Waals surface area contributed by atoms with Crippen molar-refractivity contribution in [1.82, 2.24) is 0 Å². The normalized spacial score (nSPS) is 12.7. The molecule has 0 fully saturated rings. The molecule has 1 atom stereocenters. The van der Waals surface area contributed by atoms with Crippen molar-refractivity contribution >= 4 is 17.7 Å². The van der Waals surface area contributed by atoms with Gasteiger partial charge in [0.2, 0.25) is 0 Å². The molecule has 3 N–H and O–H groups in total. The molecule has 0 heterocycles. The number of carboxylic acids is 1. The van der Waals surface area contributed by atoms with Crippen LogP contribution in [0, 0.1) is 0 Å². The summed E-state index contributed by atoms with van der Waals surface area (Å²) in [6, 6.07) is 6.05. The third-order valence-electron chi connectivity index (χ3n) is 2.20. The quantitative estimate of drug-likeness (QED) is 0.773. The van der Waals surface area contributed by atoms with Crippen molar-refractivity contribution in [2.45, 2.75) is 29.5 Å². The summed E-state index contributed by atoms with van der Waals surface area (Å²) in [6.07, 6.45) is 0.325. The third kappa shape index (κ3) is 5.14. The van der Waals surface area contributed by atoms with Gasteiger partial charge in [0.1, 0.15) is 0 Å². The first-order valence-electron chi connectivity index (χ1n) is 5.01. The van der Waals surface area contributed by atoms with E-state index in [1.54, 1.807) is 24.3 Å². The van der Waals surface area contributed by atoms with E-state index in [1.807, 2.05) is 0 Å². The lowest BCUT2D eigenvalue weighted by Crippen LogP contribution is -2.12. The Kier molecular flexibility index (Phi) is 5.37. The zero-order chi connectivity index (χ0) is 12.8. The van der Waals surface area contributed by atoms with E-state index in [-0.39, 0.29) is 12.5 Å². The van der Waals surface area contributed by atoms with Crippen LogP contribution in [0.4, 0.5) is 8.78 Å². The van der Waals surface area contributed by atoms with Gasteiger partial charge >= 0.3 is 5.97 Å². The number of carboxylic acid groups (broad SMARTS) is 1. The van der Waals surface area contributed by atoms with Gasteiger partial charge in [-0.2, -0.15) is 8.78 Å². The molecule has 0 bridgehead atoms. The number of hydrogen-bond acceptors (Lipinski definition) is 3. The molecule has 1 aromatic carbocycles. The Labute approximate surface area is 102 Å². The minimum atomic E-state index is -2.44. The summed E-state index contributed by atoms with van der Waals surface area (Å²) in [4.78, 5) is 10.8. The summed E-state index contributed by atoms with van der Waals surface area (Å²) < 4.78 is 24.1. The van der Waals surface area contributed by atoms with Crippen LogP contribution in [0.3, 0.4) is 0 Å². The van der Waals surface area contributed by atoms with Crippen LogP contribution >= 0.6 is 11.8 Å². The summed E-state index contributed by atoms with van der Waals surface area (Å²) in [5.41, 5.74) is 6.53. The van der Waals surface area contributed by atoms with Crippen LogP contribution in [0.15, 0.2) is 29.2 Å². The number of hydrogen-bond donors (Lipinski definition) is 2. The summed E-state index contributed by atoms with van der Waals surface area (Å²) in [5, 5.41) is 8.51. The van der Waals surface area contributed by atoms with E-state index in [9.17, 15) is 13.6 Å². The van der Waals surface area contributed by atoms with Crippen molar-refractivity contribution < 1.29 is 18.7 Å². The molecule has 0 radical (unpaired) electrons. The Hall–Kier alpha value is -1.14. The van der Waals surface area contributed by atoms with Crippen LogP contribution in [0.1, 0.15) is 24.4 Å². The first-order valence-corrected chi connectivity index (χ1v) is 5.89. The minimum absolute atomic E-state index is 0.00526. The van der Waals surface area contributed by atoms with Gasteiger partial charge in [0.15, 0.2) is 0 Å². The van der Waals surface area contributed by atoms with E-state index >= 15 is 0 Å². The molecule has 1 unspecified atom stereocenters. The predicted molar refractivity (Wildman–Crippen MR) is 62.1 cm³/mol. The lowest BCUT2D eigenvalue weighted by molar-refractivity contribution is -0.137. The molecule has 0 aromatic heterocycles. The topological polar surface area (TPSA) is 63.3 Å². The zero-order valence-electron chi connectivity index (χ0n) is 8.98. The number of benzene rings is 1. The second kappa shape index (κ2) is 6.56. The Bertz CT molecular complexity index is 370. The highest BCUT2D eigenvalue weighted by Crippen LogP contribution is 2.26. The fourth-order valence-electron chi connectivity index (χ4n) is 1.34. The summed E-state index contributed by atoms with van der Waals surface area (Å²) in [7, 11) is 0. The summed E-state index contributed by atoms with van der Waals surface area (Å²) in [5.74, 6) is -3.34. The van der Waals surface area contributed by atoms with Gasteiger partial charge in [-0.25, -0.2) is 0 Å². The van der Waals surface area contributed by atoms with Gasteiger partial charge in [-0.1, -0.05) is 23.9 Å². The van der Waals surface area contributed by atoms with Gasteiger partial charge in [0.05, 0.1) is 0 Å². The molecule has 1 aromatic rings. The highest BCUT2D eigenvalue weighted by molar-refractivity contribution is 7.99. The maximum Gasteiger partial charge on any atom is 0.303 e. The number of rotatable bonds is 6. The average Bonchev–Trinajstić information content (AvgIpc) is 2.26. The third-order valence-corrected chi connectivity index (χ3v) is 2.93. The Morgan fingerprint density at radius 1 is 1.35 bits per heavy atom. The minimum Gasteiger partial charge on any atom is -0.481 e. The van der Waals surface area contributed by atoms with E-state index in [1.165, 1.54) is 0 Å². The molecule has 94 valence electrons. The van der Waals surface area contributed by atoms with Crippen LogP contribution in [-0.2, 0) is 4.79 Å². The van der Waals surface area contributed by atoms with Crippen molar-refractivity contribution in [3.8, 4) is 0 Å². The van der Waals surface area contributed by atoms with Gasteiger partial charge in [-0.05, 0) is 24.1 Å². The lowest BCUT2D eigenvalue weighted by Gasteiger charge is -2.11. The van der Waals surface area contributed by atoms with E-state index in [0.717, 1.165) is 5.56 Å². The molecular weight excluding hydrogens is 248 g/mol. The van der Waals surface area contributed by atoms with Crippen molar-refractivity contribution in [2.75, 3.05) is 0 Å². The molecule has 0 saturated carbocycles. The van der Waals surface area contributed by atoms with Crippen LogP contribution in [0.5, 0.6) is 0 Å². The van der Waals surface area contributed by atoms with Crippen molar-refractivity contribution in [3.05, 3.63) is 29.8 Å². The fourth-order valence-corrected chi connectivity index (χ4v) is 1.84. The molecule has 6 heteroatoms. The Morgan fingerprint density at radius 3 is 2.41 bits per heavy atom. The van der Waals surface area contributed by atoms with Crippen molar-refractivity contribution in [2.24, 2.45) is 5.73 Å². The first kappa shape index (κ1) is 13.9. The molecule has 0 aliphatic rings. The fraction of sp³-hybridized carbons (Fsp3) is 0.364. The number of thioether (sulfide) groups is 1. The van der Waals surface area contributed by atoms with Gasteiger partial charge in [0, 0.05) is 17.4 Å². The van der Waals surface area contributed by atoms with Crippen LogP contribution in [0.25, 0.3) is 0 Å². The average molecular weight is 261 g/mol. The predicted octanol–water partition coefficient (Wildman–Crippen LogP) is 2.87. The standard InChI is InChI=1S/C11H13F2NO2S/c12-11(13)17-8-3-1-7(2-4-8)9(14)5-6-10(15)16/h1-4,9,11H,5-6,14H2,(H,15,16). The Balaban J connectivity index is 2.57. The number of aliphatic carboxylic acids is 1. The van der Waals surface area contributed by atoms with E-state index in [4.69, 9.17) is 10.8 Å².